The molecule has 0 bridgehead atoms. The van der Waals surface area contributed by atoms with Crippen LogP contribution in [0.15, 0.2) is 45.6 Å². The maximum atomic E-state index is 12.3. The zero-order chi connectivity index (χ0) is 12.7. The first kappa shape index (κ1) is 10.8. The summed E-state index contributed by atoms with van der Waals surface area (Å²) in [4.78, 5) is 12.3. The molecule has 0 saturated carbocycles. The molecule has 3 aromatic rings. The molecule has 0 spiro atoms. The van der Waals surface area contributed by atoms with Gasteiger partial charge < -0.3 is 9.15 Å². The van der Waals surface area contributed by atoms with E-state index in [1.54, 1.807) is 31.4 Å². The van der Waals surface area contributed by atoms with E-state index in [0.29, 0.717) is 27.7 Å². The van der Waals surface area contributed by atoms with Crippen molar-refractivity contribution in [2.24, 2.45) is 0 Å². The van der Waals surface area contributed by atoms with E-state index in [9.17, 15) is 4.79 Å². The molecule has 90 valence electrons. The SMILES string of the molecule is COc1ccc2c(=O)c3ccc(C)cc3oc2c1. The van der Waals surface area contributed by atoms with Crippen LogP contribution in [0.25, 0.3) is 21.9 Å². The molecule has 1 aromatic heterocycles. The Morgan fingerprint density at radius 3 is 2.39 bits per heavy atom. The smallest absolute Gasteiger partial charge is 0.200 e. The van der Waals surface area contributed by atoms with Crippen LogP contribution in [0.3, 0.4) is 0 Å². The normalized spacial score (nSPS) is 11.0. The zero-order valence-corrected chi connectivity index (χ0v) is 10.2. The number of hydrogen-bond acceptors (Lipinski definition) is 3. The lowest BCUT2D eigenvalue weighted by atomic mass is 10.1. The van der Waals surface area contributed by atoms with Crippen molar-refractivity contribution in [2.45, 2.75) is 6.92 Å². The molecular formula is C15H12O3. The van der Waals surface area contributed by atoms with Gasteiger partial charge in [0.05, 0.1) is 17.9 Å². The van der Waals surface area contributed by atoms with Gasteiger partial charge >= 0.3 is 0 Å². The van der Waals surface area contributed by atoms with Gasteiger partial charge in [-0.05, 0) is 36.8 Å². The summed E-state index contributed by atoms with van der Waals surface area (Å²) in [7, 11) is 1.59. The lowest BCUT2D eigenvalue weighted by Crippen LogP contribution is -2.02. The van der Waals surface area contributed by atoms with Crippen molar-refractivity contribution in [1.82, 2.24) is 0 Å². The molecule has 3 nitrogen and oxygen atoms in total. The van der Waals surface area contributed by atoms with Gasteiger partial charge in [-0.25, -0.2) is 0 Å². The van der Waals surface area contributed by atoms with E-state index in [1.807, 2.05) is 19.1 Å². The molecule has 0 amide bonds. The first-order chi connectivity index (χ1) is 8.69. The summed E-state index contributed by atoms with van der Waals surface area (Å²) in [6.45, 7) is 1.97. The van der Waals surface area contributed by atoms with E-state index in [0.717, 1.165) is 5.56 Å². The third-order valence-electron chi connectivity index (χ3n) is 3.04. The molecule has 0 fully saturated rings. The number of ether oxygens (including phenoxy) is 1. The fourth-order valence-corrected chi connectivity index (χ4v) is 2.07. The van der Waals surface area contributed by atoms with Crippen molar-refractivity contribution in [1.29, 1.82) is 0 Å². The maximum Gasteiger partial charge on any atom is 0.200 e. The molecule has 3 rings (SSSR count). The second kappa shape index (κ2) is 3.88. The molecule has 0 atom stereocenters. The van der Waals surface area contributed by atoms with Crippen molar-refractivity contribution in [2.75, 3.05) is 7.11 Å². The van der Waals surface area contributed by atoms with Gasteiger partial charge in [-0.15, -0.1) is 0 Å². The summed E-state index contributed by atoms with van der Waals surface area (Å²) in [6, 6.07) is 10.8. The summed E-state index contributed by atoms with van der Waals surface area (Å²) in [5.41, 5.74) is 2.22. The molecule has 3 heteroatoms. The highest BCUT2D eigenvalue weighted by atomic mass is 16.5. The summed E-state index contributed by atoms with van der Waals surface area (Å²) < 4.78 is 10.9. The van der Waals surface area contributed by atoms with Crippen LogP contribution in [0.2, 0.25) is 0 Å². The first-order valence-electron chi connectivity index (χ1n) is 5.70. The van der Waals surface area contributed by atoms with Crippen LogP contribution in [-0.4, -0.2) is 7.11 Å². The number of benzene rings is 2. The summed E-state index contributed by atoms with van der Waals surface area (Å²) in [5.74, 6) is 0.678. The minimum absolute atomic E-state index is 0.00565. The number of hydrogen-bond donors (Lipinski definition) is 0. The molecule has 0 saturated heterocycles. The Kier molecular flexibility index (Phi) is 2.33. The zero-order valence-electron chi connectivity index (χ0n) is 10.2. The molecule has 1 heterocycles. The molecule has 0 aliphatic heterocycles. The van der Waals surface area contributed by atoms with E-state index in [2.05, 4.69) is 0 Å². The molecule has 2 aromatic carbocycles. The Balaban J connectivity index is 2.48. The topological polar surface area (TPSA) is 39.4 Å². The Morgan fingerprint density at radius 1 is 1.00 bits per heavy atom. The predicted molar refractivity (Wildman–Crippen MR) is 71.3 cm³/mol. The standard InChI is InChI=1S/C15H12O3/c1-9-3-5-11-13(7-9)18-14-8-10(17-2)4-6-12(14)15(11)16/h3-8H,1-2H3. The Labute approximate surface area is 104 Å². The first-order valence-corrected chi connectivity index (χ1v) is 5.70. The second-order valence-electron chi connectivity index (χ2n) is 4.29. The van der Waals surface area contributed by atoms with Crippen molar-refractivity contribution < 1.29 is 9.15 Å². The van der Waals surface area contributed by atoms with Crippen LogP contribution >= 0.6 is 0 Å². The van der Waals surface area contributed by atoms with Gasteiger partial charge in [-0.2, -0.15) is 0 Å². The van der Waals surface area contributed by atoms with E-state index < -0.39 is 0 Å². The molecule has 0 N–H and O–H groups in total. The third kappa shape index (κ3) is 1.56. The Bertz CT molecular complexity index is 800. The van der Waals surface area contributed by atoms with Gasteiger partial charge in [0, 0.05) is 6.07 Å². The molecule has 0 aliphatic carbocycles. The minimum Gasteiger partial charge on any atom is -0.497 e. The van der Waals surface area contributed by atoms with Crippen LogP contribution in [0, 0.1) is 6.92 Å². The summed E-state index contributed by atoms with van der Waals surface area (Å²) >= 11 is 0. The van der Waals surface area contributed by atoms with Crippen molar-refractivity contribution in [3.63, 3.8) is 0 Å². The highest BCUT2D eigenvalue weighted by Crippen LogP contribution is 2.23. The fourth-order valence-electron chi connectivity index (χ4n) is 2.07. The van der Waals surface area contributed by atoms with Crippen molar-refractivity contribution >= 4 is 21.9 Å². The van der Waals surface area contributed by atoms with E-state index in [1.165, 1.54) is 0 Å². The van der Waals surface area contributed by atoms with Crippen LogP contribution in [0.4, 0.5) is 0 Å². The average molecular weight is 240 g/mol. The molecule has 0 aliphatic rings. The number of rotatable bonds is 1. The predicted octanol–water partition coefficient (Wildman–Crippen LogP) is 3.26. The van der Waals surface area contributed by atoms with Gasteiger partial charge in [0.25, 0.3) is 0 Å². The van der Waals surface area contributed by atoms with E-state index in [4.69, 9.17) is 9.15 Å². The van der Waals surface area contributed by atoms with Crippen LogP contribution < -0.4 is 10.2 Å². The quantitative estimate of drug-likeness (QED) is 0.613. The number of methoxy groups -OCH3 is 1. The molecular weight excluding hydrogens is 228 g/mol. The second-order valence-corrected chi connectivity index (χ2v) is 4.29. The number of fused-ring (bicyclic) bond motifs is 2. The molecule has 0 unspecified atom stereocenters. The highest BCUT2D eigenvalue weighted by molar-refractivity contribution is 5.90. The fraction of sp³-hybridized carbons (Fsp3) is 0.133. The van der Waals surface area contributed by atoms with Crippen molar-refractivity contribution in [3.05, 3.63) is 52.2 Å². The lowest BCUT2D eigenvalue weighted by molar-refractivity contribution is 0.414. The monoisotopic (exact) mass is 240 g/mol. The van der Waals surface area contributed by atoms with Gasteiger partial charge in [0.1, 0.15) is 16.9 Å². The van der Waals surface area contributed by atoms with Crippen molar-refractivity contribution in [3.8, 4) is 5.75 Å². The number of aryl methyl sites for hydroxylation is 1. The van der Waals surface area contributed by atoms with Gasteiger partial charge in [-0.3, -0.25) is 4.79 Å². The van der Waals surface area contributed by atoms with E-state index >= 15 is 0 Å². The Hall–Kier alpha value is -2.29. The average Bonchev–Trinajstić information content (AvgIpc) is 2.38. The highest BCUT2D eigenvalue weighted by Gasteiger charge is 2.08. The molecule has 0 radical (unpaired) electrons. The van der Waals surface area contributed by atoms with Gasteiger partial charge in [0.15, 0.2) is 0 Å². The van der Waals surface area contributed by atoms with Crippen LogP contribution in [-0.2, 0) is 0 Å². The maximum absolute atomic E-state index is 12.3. The van der Waals surface area contributed by atoms with Crippen LogP contribution in [0.5, 0.6) is 5.75 Å². The minimum atomic E-state index is -0.00565. The Morgan fingerprint density at radius 2 is 1.67 bits per heavy atom. The third-order valence-corrected chi connectivity index (χ3v) is 3.04. The lowest BCUT2D eigenvalue weighted by Gasteiger charge is -2.04. The van der Waals surface area contributed by atoms with E-state index in [-0.39, 0.29) is 5.43 Å². The summed E-state index contributed by atoms with van der Waals surface area (Å²) in [6.07, 6.45) is 0. The largest absolute Gasteiger partial charge is 0.497 e. The van der Waals surface area contributed by atoms with Gasteiger partial charge in [-0.1, -0.05) is 6.07 Å². The molecule has 18 heavy (non-hydrogen) atoms. The van der Waals surface area contributed by atoms with Crippen LogP contribution in [0.1, 0.15) is 5.56 Å². The van der Waals surface area contributed by atoms with Gasteiger partial charge in [0.2, 0.25) is 5.43 Å². The summed E-state index contributed by atoms with van der Waals surface area (Å²) in [5, 5.41) is 1.19.